The minimum absolute atomic E-state index is 0. The highest BCUT2D eigenvalue weighted by atomic mass is 127. The molecular formula is C17H27FIN3O3S. The topological polar surface area (TPSA) is 71.0 Å². The van der Waals surface area contributed by atoms with Crippen molar-refractivity contribution >= 4 is 39.8 Å². The second kappa shape index (κ2) is 11.0. The van der Waals surface area contributed by atoms with Gasteiger partial charge in [-0.2, -0.15) is 0 Å². The largest absolute Gasteiger partial charge is 0.384 e. The predicted molar refractivity (Wildman–Crippen MR) is 111 cm³/mol. The van der Waals surface area contributed by atoms with Gasteiger partial charge in [0, 0.05) is 32.7 Å². The van der Waals surface area contributed by atoms with E-state index in [1.807, 2.05) is 6.92 Å². The Balaban J connectivity index is 0.00000338. The predicted octanol–water partition coefficient (Wildman–Crippen LogP) is 2.15. The molecular weight excluding hydrogens is 472 g/mol. The number of ether oxygens (including phenoxy) is 1. The number of rotatable bonds is 7. The molecule has 9 heteroatoms. The Morgan fingerprint density at radius 2 is 2.15 bits per heavy atom. The first kappa shape index (κ1) is 23.1. The molecule has 1 atom stereocenters. The molecule has 0 amide bonds. The van der Waals surface area contributed by atoms with E-state index in [0.717, 1.165) is 25.6 Å². The number of nitrogens with zero attached hydrogens (tertiary/aromatic N) is 2. The van der Waals surface area contributed by atoms with Crippen LogP contribution in [0.3, 0.4) is 0 Å². The summed E-state index contributed by atoms with van der Waals surface area (Å²) in [4.78, 5) is 6.27. The van der Waals surface area contributed by atoms with Gasteiger partial charge in [0.1, 0.15) is 10.7 Å². The van der Waals surface area contributed by atoms with Crippen molar-refractivity contribution in [3.05, 3.63) is 30.1 Å². The van der Waals surface area contributed by atoms with Gasteiger partial charge in [0.2, 0.25) is 0 Å². The molecule has 1 aliphatic heterocycles. The third kappa shape index (κ3) is 6.34. The molecule has 0 radical (unpaired) electrons. The van der Waals surface area contributed by atoms with Crippen LogP contribution in [0.4, 0.5) is 4.39 Å². The molecule has 2 rings (SSSR count). The van der Waals surface area contributed by atoms with Gasteiger partial charge < -0.3 is 15.0 Å². The van der Waals surface area contributed by atoms with Gasteiger partial charge in [-0.05, 0) is 25.5 Å². The molecule has 1 saturated heterocycles. The second-order valence-corrected chi connectivity index (χ2v) is 8.12. The minimum Gasteiger partial charge on any atom is -0.384 e. The maximum atomic E-state index is 13.7. The number of likely N-dealkylation sites (tertiary alicyclic amines) is 1. The molecule has 1 aromatic carbocycles. The van der Waals surface area contributed by atoms with Crippen LogP contribution in [0.5, 0.6) is 0 Å². The summed E-state index contributed by atoms with van der Waals surface area (Å²) in [5, 5.41) is 3.19. The van der Waals surface area contributed by atoms with Crippen molar-refractivity contribution in [3.8, 4) is 0 Å². The van der Waals surface area contributed by atoms with Gasteiger partial charge in [0.05, 0.1) is 18.9 Å². The third-order valence-electron chi connectivity index (χ3n) is 4.12. The molecule has 0 aliphatic carbocycles. The Labute approximate surface area is 172 Å². The number of hydrogen-bond acceptors (Lipinski definition) is 4. The van der Waals surface area contributed by atoms with E-state index < -0.39 is 15.7 Å². The van der Waals surface area contributed by atoms with Gasteiger partial charge in [0.15, 0.2) is 15.8 Å². The number of benzene rings is 1. The highest BCUT2D eigenvalue weighted by Crippen LogP contribution is 2.17. The summed E-state index contributed by atoms with van der Waals surface area (Å²) in [5.74, 6) is 0.208. The molecule has 0 aromatic heterocycles. The number of sulfone groups is 1. The average molecular weight is 499 g/mol. The molecule has 0 saturated carbocycles. The fraction of sp³-hybridized carbons (Fsp3) is 0.588. The Morgan fingerprint density at radius 1 is 1.42 bits per heavy atom. The fourth-order valence-electron chi connectivity index (χ4n) is 2.90. The van der Waals surface area contributed by atoms with Gasteiger partial charge in [-0.1, -0.05) is 12.1 Å². The van der Waals surface area contributed by atoms with Crippen molar-refractivity contribution in [1.82, 2.24) is 10.2 Å². The number of hydrogen-bond donors (Lipinski definition) is 1. The van der Waals surface area contributed by atoms with E-state index in [2.05, 4.69) is 15.2 Å². The summed E-state index contributed by atoms with van der Waals surface area (Å²) in [6.07, 6.45) is 1.02. The van der Waals surface area contributed by atoms with Gasteiger partial charge in [-0.3, -0.25) is 4.99 Å². The molecule has 1 N–H and O–H groups in total. The van der Waals surface area contributed by atoms with Crippen molar-refractivity contribution in [2.45, 2.75) is 18.2 Å². The zero-order valence-electron chi connectivity index (χ0n) is 15.2. The average Bonchev–Trinajstić information content (AvgIpc) is 3.03. The SMILES string of the molecule is CCNC(=NCCS(=O)(=O)c1ccccc1F)N1CCC(COC)C1.I. The zero-order chi connectivity index (χ0) is 18.3. The summed E-state index contributed by atoms with van der Waals surface area (Å²) in [6.45, 7) is 5.15. The Bertz CT molecular complexity index is 700. The fourth-order valence-corrected chi connectivity index (χ4v) is 4.10. The first-order valence-corrected chi connectivity index (χ1v) is 10.1. The van der Waals surface area contributed by atoms with E-state index >= 15 is 0 Å². The Morgan fingerprint density at radius 3 is 2.81 bits per heavy atom. The summed E-state index contributed by atoms with van der Waals surface area (Å²) < 4.78 is 43.5. The summed E-state index contributed by atoms with van der Waals surface area (Å²) in [5.41, 5.74) is 0. The van der Waals surface area contributed by atoms with Crippen LogP contribution in [0.15, 0.2) is 34.2 Å². The molecule has 1 unspecified atom stereocenters. The number of methoxy groups -OCH3 is 1. The van der Waals surface area contributed by atoms with E-state index in [0.29, 0.717) is 25.0 Å². The van der Waals surface area contributed by atoms with Crippen molar-refractivity contribution in [3.63, 3.8) is 0 Å². The van der Waals surface area contributed by atoms with Crippen LogP contribution in [-0.4, -0.2) is 64.9 Å². The maximum Gasteiger partial charge on any atom is 0.193 e. The lowest BCUT2D eigenvalue weighted by Gasteiger charge is -2.21. The smallest absolute Gasteiger partial charge is 0.193 e. The highest BCUT2D eigenvalue weighted by Gasteiger charge is 2.25. The molecule has 26 heavy (non-hydrogen) atoms. The second-order valence-electron chi connectivity index (χ2n) is 6.04. The van der Waals surface area contributed by atoms with Crippen LogP contribution in [0.2, 0.25) is 0 Å². The van der Waals surface area contributed by atoms with Crippen LogP contribution in [0.1, 0.15) is 13.3 Å². The lowest BCUT2D eigenvalue weighted by molar-refractivity contribution is 0.157. The first-order chi connectivity index (χ1) is 12.0. The number of nitrogens with one attached hydrogen (secondary N) is 1. The normalized spacial score (nSPS) is 17.9. The number of halogens is 2. The van der Waals surface area contributed by atoms with Gasteiger partial charge in [0.25, 0.3) is 0 Å². The van der Waals surface area contributed by atoms with E-state index in [9.17, 15) is 12.8 Å². The molecule has 1 heterocycles. The molecule has 0 spiro atoms. The van der Waals surface area contributed by atoms with Crippen LogP contribution >= 0.6 is 24.0 Å². The number of aliphatic imine (C=N–C) groups is 1. The van der Waals surface area contributed by atoms with Crippen LogP contribution < -0.4 is 5.32 Å². The molecule has 148 valence electrons. The van der Waals surface area contributed by atoms with E-state index in [1.165, 1.54) is 18.2 Å². The van der Waals surface area contributed by atoms with Crippen molar-refractivity contribution in [1.29, 1.82) is 0 Å². The van der Waals surface area contributed by atoms with Gasteiger partial charge >= 0.3 is 0 Å². The molecule has 1 aromatic rings. The summed E-state index contributed by atoms with van der Waals surface area (Å²) in [6, 6.07) is 5.43. The van der Waals surface area contributed by atoms with Crippen LogP contribution in [0, 0.1) is 11.7 Å². The Kier molecular flexibility index (Phi) is 9.80. The number of guanidine groups is 1. The maximum absolute atomic E-state index is 13.7. The quantitative estimate of drug-likeness (QED) is 0.354. The molecule has 1 aliphatic rings. The zero-order valence-corrected chi connectivity index (χ0v) is 18.3. The minimum atomic E-state index is -3.69. The molecule has 0 bridgehead atoms. The van der Waals surface area contributed by atoms with E-state index in [-0.39, 0.29) is 41.2 Å². The third-order valence-corrected chi connectivity index (χ3v) is 5.84. The van der Waals surface area contributed by atoms with Crippen LogP contribution in [0.25, 0.3) is 0 Å². The van der Waals surface area contributed by atoms with Crippen molar-refractivity contribution in [2.75, 3.05) is 45.6 Å². The summed E-state index contributed by atoms with van der Waals surface area (Å²) >= 11 is 0. The van der Waals surface area contributed by atoms with Gasteiger partial charge in [-0.25, -0.2) is 12.8 Å². The van der Waals surface area contributed by atoms with E-state index in [4.69, 9.17) is 4.74 Å². The summed E-state index contributed by atoms with van der Waals surface area (Å²) in [7, 11) is -2.00. The molecule has 6 nitrogen and oxygen atoms in total. The van der Waals surface area contributed by atoms with Gasteiger partial charge in [-0.15, -0.1) is 24.0 Å². The standard InChI is InChI=1S/C17H26FN3O3S.HI/c1-3-19-17(21-10-8-14(12-21)13-24-2)20-9-11-25(22,23)16-7-5-4-6-15(16)18;/h4-7,14H,3,8-13H2,1-2H3,(H,19,20);1H. The Hall–Kier alpha value is -0.940. The van der Waals surface area contributed by atoms with Crippen molar-refractivity contribution < 1.29 is 17.5 Å². The van der Waals surface area contributed by atoms with Crippen molar-refractivity contribution in [2.24, 2.45) is 10.9 Å². The lowest BCUT2D eigenvalue weighted by atomic mass is 10.1. The lowest BCUT2D eigenvalue weighted by Crippen LogP contribution is -2.40. The van der Waals surface area contributed by atoms with E-state index in [1.54, 1.807) is 7.11 Å². The molecule has 1 fully saturated rings. The first-order valence-electron chi connectivity index (χ1n) is 8.47. The highest BCUT2D eigenvalue weighted by molar-refractivity contribution is 14.0. The van der Waals surface area contributed by atoms with Crippen LogP contribution in [-0.2, 0) is 14.6 Å². The monoisotopic (exact) mass is 499 g/mol.